The normalized spacial score (nSPS) is 43.7. The maximum Gasteiger partial charge on any atom is 0.307 e. The third kappa shape index (κ3) is 3.35. The van der Waals surface area contributed by atoms with Gasteiger partial charge in [-0.3, -0.25) is 4.79 Å². The SMILES string of the molecule is O=C(CCN1CCS(=O)(=O)CC1)OC1C2CC3CC1CC(O)(C3)C2. The van der Waals surface area contributed by atoms with Crippen LogP contribution < -0.4 is 0 Å². The zero-order valence-electron chi connectivity index (χ0n) is 14.0. The van der Waals surface area contributed by atoms with Gasteiger partial charge in [0, 0.05) is 19.6 Å². The summed E-state index contributed by atoms with van der Waals surface area (Å²) in [6, 6.07) is 0. The second kappa shape index (κ2) is 5.95. The predicted molar refractivity (Wildman–Crippen MR) is 88.1 cm³/mol. The van der Waals surface area contributed by atoms with E-state index in [0.717, 1.165) is 32.1 Å². The molecule has 1 N–H and O–H groups in total. The topological polar surface area (TPSA) is 83.9 Å². The fraction of sp³-hybridized carbons (Fsp3) is 0.941. The standard InChI is InChI=1S/C17H27NO5S/c19-15(1-2-18-3-5-24(21,22)6-4-18)23-16-13-7-12-8-14(16)11-17(20,9-12)10-13/h12-14,16,20H,1-11H2. The smallest absolute Gasteiger partial charge is 0.307 e. The van der Waals surface area contributed by atoms with Crippen LogP contribution in [0.1, 0.15) is 38.5 Å². The van der Waals surface area contributed by atoms with Crippen molar-refractivity contribution in [1.82, 2.24) is 4.90 Å². The molecule has 0 spiro atoms. The Kier molecular flexibility index (Phi) is 4.16. The van der Waals surface area contributed by atoms with Crippen LogP contribution in [-0.2, 0) is 19.4 Å². The Morgan fingerprint density at radius 1 is 1.12 bits per heavy atom. The van der Waals surface area contributed by atoms with Crippen LogP contribution in [-0.4, -0.2) is 67.2 Å². The van der Waals surface area contributed by atoms with Gasteiger partial charge >= 0.3 is 5.97 Å². The van der Waals surface area contributed by atoms with Gasteiger partial charge in [0.05, 0.1) is 23.5 Å². The van der Waals surface area contributed by atoms with Crippen molar-refractivity contribution in [3.63, 3.8) is 0 Å². The summed E-state index contributed by atoms with van der Waals surface area (Å²) in [6.07, 6.45) is 4.96. The highest BCUT2D eigenvalue weighted by Crippen LogP contribution is 2.56. The highest BCUT2D eigenvalue weighted by molar-refractivity contribution is 7.91. The van der Waals surface area contributed by atoms with E-state index in [1.54, 1.807) is 0 Å². The van der Waals surface area contributed by atoms with Crippen LogP contribution in [0.5, 0.6) is 0 Å². The van der Waals surface area contributed by atoms with Crippen LogP contribution in [0.2, 0.25) is 0 Å². The number of sulfone groups is 1. The minimum atomic E-state index is -2.88. The maximum absolute atomic E-state index is 12.3. The molecule has 1 heterocycles. The van der Waals surface area contributed by atoms with Gasteiger partial charge in [0.25, 0.3) is 0 Å². The number of hydrogen-bond donors (Lipinski definition) is 1. The Labute approximate surface area is 143 Å². The van der Waals surface area contributed by atoms with Crippen molar-refractivity contribution in [2.24, 2.45) is 17.8 Å². The monoisotopic (exact) mass is 357 g/mol. The van der Waals surface area contributed by atoms with E-state index in [9.17, 15) is 18.3 Å². The Bertz CT molecular complexity index is 588. The van der Waals surface area contributed by atoms with Gasteiger partial charge in [-0.2, -0.15) is 0 Å². The molecule has 2 unspecified atom stereocenters. The number of nitrogens with zero attached hydrogens (tertiary/aromatic N) is 1. The van der Waals surface area contributed by atoms with Crippen molar-refractivity contribution >= 4 is 15.8 Å². The molecule has 4 bridgehead atoms. The summed E-state index contributed by atoms with van der Waals surface area (Å²) in [5.41, 5.74) is -0.501. The zero-order chi connectivity index (χ0) is 16.9. The van der Waals surface area contributed by atoms with Crippen LogP contribution in [0.15, 0.2) is 0 Å². The van der Waals surface area contributed by atoms with E-state index < -0.39 is 15.4 Å². The number of aliphatic hydroxyl groups is 1. The average Bonchev–Trinajstić information content (AvgIpc) is 2.48. The first-order valence-corrected chi connectivity index (χ1v) is 11.0. The van der Waals surface area contributed by atoms with Gasteiger partial charge in [-0.25, -0.2) is 8.42 Å². The summed E-state index contributed by atoms with van der Waals surface area (Å²) in [5, 5.41) is 10.6. The lowest BCUT2D eigenvalue weighted by Crippen LogP contribution is -2.57. The summed E-state index contributed by atoms with van der Waals surface area (Å²) >= 11 is 0. The number of esters is 1. The average molecular weight is 357 g/mol. The maximum atomic E-state index is 12.3. The third-order valence-corrected chi connectivity index (χ3v) is 8.10. The van der Waals surface area contributed by atoms with Crippen molar-refractivity contribution in [3.8, 4) is 0 Å². The molecule has 0 amide bonds. The molecule has 0 aromatic carbocycles. The summed E-state index contributed by atoms with van der Waals surface area (Å²) in [6.45, 7) is 1.60. The predicted octanol–water partition coefficient (Wildman–Crippen LogP) is 0.590. The summed E-state index contributed by atoms with van der Waals surface area (Å²) in [7, 11) is -2.88. The van der Waals surface area contributed by atoms with Crippen molar-refractivity contribution in [1.29, 1.82) is 0 Å². The highest BCUT2D eigenvalue weighted by atomic mass is 32.2. The minimum absolute atomic E-state index is 0.0175. The van der Waals surface area contributed by atoms with Crippen LogP contribution in [0.25, 0.3) is 0 Å². The quantitative estimate of drug-likeness (QED) is 0.742. The van der Waals surface area contributed by atoms with E-state index >= 15 is 0 Å². The van der Waals surface area contributed by atoms with Crippen LogP contribution in [0.3, 0.4) is 0 Å². The molecular weight excluding hydrogens is 330 g/mol. The summed E-state index contributed by atoms with van der Waals surface area (Å²) in [5.74, 6) is 1.46. The lowest BCUT2D eigenvalue weighted by molar-refractivity contribution is -0.198. The Hall–Kier alpha value is -0.660. The minimum Gasteiger partial charge on any atom is -0.462 e. The lowest BCUT2D eigenvalue weighted by atomic mass is 9.53. The van der Waals surface area contributed by atoms with Gasteiger partial charge in [0.1, 0.15) is 6.10 Å². The van der Waals surface area contributed by atoms with Gasteiger partial charge in [-0.15, -0.1) is 0 Å². The lowest BCUT2D eigenvalue weighted by Gasteiger charge is -2.57. The first kappa shape index (κ1) is 16.8. The van der Waals surface area contributed by atoms with E-state index in [-0.39, 0.29) is 23.6 Å². The van der Waals surface area contributed by atoms with Crippen molar-refractivity contribution in [2.75, 3.05) is 31.1 Å². The first-order chi connectivity index (χ1) is 11.3. The molecule has 0 aromatic rings. The highest BCUT2D eigenvalue weighted by Gasteiger charge is 2.56. The van der Waals surface area contributed by atoms with E-state index in [4.69, 9.17) is 4.74 Å². The summed E-state index contributed by atoms with van der Waals surface area (Å²) < 4.78 is 28.7. The van der Waals surface area contributed by atoms with Gasteiger partial charge in [0.2, 0.25) is 0 Å². The number of carbonyl (C=O) groups excluding carboxylic acids is 1. The fourth-order valence-corrected chi connectivity index (χ4v) is 6.84. The Morgan fingerprint density at radius 3 is 2.33 bits per heavy atom. The molecular formula is C17H27NO5S. The molecule has 136 valence electrons. The molecule has 4 aliphatic carbocycles. The third-order valence-electron chi connectivity index (χ3n) is 6.49. The molecule has 5 aliphatic rings. The molecule has 1 saturated heterocycles. The molecule has 4 saturated carbocycles. The largest absolute Gasteiger partial charge is 0.462 e. The molecule has 2 atom stereocenters. The van der Waals surface area contributed by atoms with Gasteiger partial charge in [-0.05, 0) is 49.9 Å². The molecule has 0 radical (unpaired) electrons. The van der Waals surface area contributed by atoms with Crippen LogP contribution in [0, 0.1) is 17.8 Å². The molecule has 1 aliphatic heterocycles. The molecule has 24 heavy (non-hydrogen) atoms. The number of ether oxygens (including phenoxy) is 1. The van der Waals surface area contributed by atoms with Crippen LogP contribution >= 0.6 is 0 Å². The van der Waals surface area contributed by atoms with Crippen molar-refractivity contribution in [2.45, 2.75) is 50.2 Å². The van der Waals surface area contributed by atoms with E-state index in [0.29, 0.717) is 43.8 Å². The molecule has 5 rings (SSSR count). The molecule has 5 fully saturated rings. The molecule has 7 heteroatoms. The second-order valence-corrected chi connectivity index (χ2v) is 10.7. The van der Waals surface area contributed by atoms with E-state index in [2.05, 4.69) is 0 Å². The van der Waals surface area contributed by atoms with Crippen molar-refractivity contribution in [3.05, 3.63) is 0 Å². The van der Waals surface area contributed by atoms with Crippen molar-refractivity contribution < 1.29 is 23.1 Å². The van der Waals surface area contributed by atoms with Crippen LogP contribution in [0.4, 0.5) is 0 Å². The first-order valence-electron chi connectivity index (χ1n) is 9.17. The Balaban J connectivity index is 1.27. The second-order valence-electron chi connectivity index (χ2n) is 8.39. The Morgan fingerprint density at radius 2 is 1.75 bits per heavy atom. The molecule has 0 aromatic heterocycles. The van der Waals surface area contributed by atoms with Gasteiger partial charge in [-0.1, -0.05) is 0 Å². The van der Waals surface area contributed by atoms with E-state index in [1.165, 1.54) is 0 Å². The fourth-order valence-electron chi connectivity index (χ4n) is 5.56. The van der Waals surface area contributed by atoms with Gasteiger partial charge < -0.3 is 14.7 Å². The van der Waals surface area contributed by atoms with E-state index in [1.807, 2.05) is 4.90 Å². The number of carbonyl (C=O) groups is 1. The zero-order valence-corrected chi connectivity index (χ0v) is 14.8. The molecule has 6 nitrogen and oxygen atoms in total. The number of hydrogen-bond acceptors (Lipinski definition) is 6. The number of rotatable bonds is 4. The summed E-state index contributed by atoms with van der Waals surface area (Å²) in [4.78, 5) is 14.3. The van der Waals surface area contributed by atoms with Gasteiger partial charge in [0.15, 0.2) is 9.84 Å².